The Morgan fingerprint density at radius 3 is 2.38 bits per heavy atom. The first-order chi connectivity index (χ1) is 7.55. The van der Waals surface area contributed by atoms with E-state index in [0.717, 1.165) is 6.54 Å². The van der Waals surface area contributed by atoms with E-state index in [2.05, 4.69) is 61.3 Å². The van der Waals surface area contributed by atoms with Crippen LogP contribution in [0.2, 0.25) is 0 Å². The van der Waals surface area contributed by atoms with Crippen molar-refractivity contribution >= 4 is 0 Å². The van der Waals surface area contributed by atoms with Crippen molar-refractivity contribution in [1.29, 1.82) is 0 Å². The second-order valence-electron chi connectivity index (χ2n) is 5.64. The molecule has 88 valence electrons. The van der Waals surface area contributed by atoms with Crippen LogP contribution in [0.15, 0.2) is 30.3 Å². The summed E-state index contributed by atoms with van der Waals surface area (Å²) < 4.78 is 0. The quantitative estimate of drug-likeness (QED) is 0.837. The van der Waals surface area contributed by atoms with Gasteiger partial charge in [0.15, 0.2) is 0 Å². The van der Waals surface area contributed by atoms with Crippen LogP contribution in [-0.2, 0) is 6.54 Å². The van der Waals surface area contributed by atoms with Crippen LogP contribution < -0.4 is 5.32 Å². The summed E-state index contributed by atoms with van der Waals surface area (Å²) in [7, 11) is 0. The van der Waals surface area contributed by atoms with Gasteiger partial charge in [-0.2, -0.15) is 0 Å². The Hall–Kier alpha value is -0.860. The highest BCUT2D eigenvalue weighted by Crippen LogP contribution is 2.20. The summed E-state index contributed by atoms with van der Waals surface area (Å²) in [6.07, 6.45) is 0. The standard InChI is InChI=1S/C14H22N2/c1-14(2,3)16-10-13(11-16)15-9-12-7-5-4-6-8-12/h4-8,13,15H,9-11H2,1-3H3. The number of hydrogen-bond donors (Lipinski definition) is 1. The van der Waals surface area contributed by atoms with Crippen molar-refractivity contribution in [3.63, 3.8) is 0 Å². The van der Waals surface area contributed by atoms with E-state index in [9.17, 15) is 0 Å². The van der Waals surface area contributed by atoms with Crippen molar-refractivity contribution in [2.45, 2.75) is 38.9 Å². The van der Waals surface area contributed by atoms with Gasteiger partial charge in [-0.05, 0) is 26.3 Å². The lowest BCUT2D eigenvalue weighted by Gasteiger charge is -2.48. The predicted octanol–water partition coefficient (Wildman–Crippen LogP) is 2.26. The molecule has 1 aliphatic heterocycles. The van der Waals surface area contributed by atoms with Gasteiger partial charge in [0.2, 0.25) is 0 Å². The molecule has 1 aliphatic rings. The van der Waals surface area contributed by atoms with Gasteiger partial charge in [0.25, 0.3) is 0 Å². The van der Waals surface area contributed by atoms with Crippen molar-refractivity contribution in [3.05, 3.63) is 35.9 Å². The number of nitrogens with zero attached hydrogens (tertiary/aromatic N) is 1. The van der Waals surface area contributed by atoms with Gasteiger partial charge in [-0.25, -0.2) is 0 Å². The average Bonchev–Trinajstić information content (AvgIpc) is 2.15. The van der Waals surface area contributed by atoms with E-state index in [4.69, 9.17) is 0 Å². The van der Waals surface area contributed by atoms with Gasteiger partial charge >= 0.3 is 0 Å². The van der Waals surface area contributed by atoms with Gasteiger partial charge in [0.1, 0.15) is 0 Å². The first kappa shape index (κ1) is 11.6. The van der Waals surface area contributed by atoms with E-state index < -0.39 is 0 Å². The zero-order valence-corrected chi connectivity index (χ0v) is 10.5. The van der Waals surface area contributed by atoms with E-state index in [-0.39, 0.29) is 0 Å². The van der Waals surface area contributed by atoms with Gasteiger partial charge in [-0.3, -0.25) is 4.90 Å². The van der Waals surface area contributed by atoms with Crippen molar-refractivity contribution in [3.8, 4) is 0 Å². The van der Waals surface area contributed by atoms with Crippen molar-refractivity contribution in [2.24, 2.45) is 0 Å². The third-order valence-electron chi connectivity index (χ3n) is 3.27. The minimum absolute atomic E-state index is 0.324. The zero-order valence-electron chi connectivity index (χ0n) is 10.5. The van der Waals surface area contributed by atoms with Crippen LogP contribution in [0.5, 0.6) is 0 Å². The fraction of sp³-hybridized carbons (Fsp3) is 0.571. The summed E-state index contributed by atoms with van der Waals surface area (Å²) in [6.45, 7) is 10.2. The molecule has 0 aromatic heterocycles. The summed E-state index contributed by atoms with van der Waals surface area (Å²) in [5.41, 5.74) is 1.70. The van der Waals surface area contributed by atoms with Gasteiger partial charge in [-0.15, -0.1) is 0 Å². The second-order valence-corrected chi connectivity index (χ2v) is 5.64. The molecule has 0 amide bonds. The highest BCUT2D eigenvalue weighted by atomic mass is 15.3. The summed E-state index contributed by atoms with van der Waals surface area (Å²) in [6, 6.07) is 11.3. The normalized spacial score (nSPS) is 18.4. The maximum Gasteiger partial charge on any atom is 0.0326 e. The van der Waals surface area contributed by atoms with Crippen LogP contribution in [0.4, 0.5) is 0 Å². The summed E-state index contributed by atoms with van der Waals surface area (Å²) in [5, 5.41) is 3.60. The SMILES string of the molecule is CC(C)(C)N1CC(NCc2ccccc2)C1. The van der Waals surface area contributed by atoms with E-state index in [0.29, 0.717) is 11.6 Å². The van der Waals surface area contributed by atoms with Gasteiger partial charge in [-0.1, -0.05) is 30.3 Å². The van der Waals surface area contributed by atoms with Crippen molar-refractivity contribution in [1.82, 2.24) is 10.2 Å². The molecular formula is C14H22N2. The molecule has 0 unspecified atom stereocenters. The van der Waals surface area contributed by atoms with E-state index in [1.807, 2.05) is 0 Å². The third-order valence-corrected chi connectivity index (χ3v) is 3.27. The molecule has 2 nitrogen and oxygen atoms in total. The van der Waals surface area contributed by atoms with Crippen LogP contribution in [0.1, 0.15) is 26.3 Å². The molecular weight excluding hydrogens is 196 g/mol. The molecule has 0 aliphatic carbocycles. The minimum Gasteiger partial charge on any atom is -0.307 e. The lowest BCUT2D eigenvalue weighted by molar-refractivity contribution is 0.0344. The van der Waals surface area contributed by atoms with Crippen molar-refractivity contribution < 1.29 is 0 Å². The lowest BCUT2D eigenvalue weighted by atomic mass is 9.97. The highest BCUT2D eigenvalue weighted by Gasteiger charge is 2.33. The topological polar surface area (TPSA) is 15.3 Å². The Labute approximate surface area is 98.7 Å². The Morgan fingerprint density at radius 2 is 1.81 bits per heavy atom. The molecule has 0 bridgehead atoms. The molecule has 0 saturated carbocycles. The minimum atomic E-state index is 0.324. The Bertz CT molecular complexity index is 320. The second kappa shape index (κ2) is 4.56. The Balaban J connectivity index is 1.71. The van der Waals surface area contributed by atoms with Crippen LogP contribution >= 0.6 is 0 Å². The van der Waals surface area contributed by atoms with Crippen LogP contribution in [0.25, 0.3) is 0 Å². The smallest absolute Gasteiger partial charge is 0.0326 e. The summed E-state index contributed by atoms with van der Waals surface area (Å²) in [5.74, 6) is 0. The Morgan fingerprint density at radius 1 is 1.19 bits per heavy atom. The van der Waals surface area contributed by atoms with E-state index in [1.54, 1.807) is 0 Å². The van der Waals surface area contributed by atoms with Crippen LogP contribution in [0, 0.1) is 0 Å². The largest absolute Gasteiger partial charge is 0.307 e. The molecule has 1 fully saturated rings. The first-order valence-corrected chi connectivity index (χ1v) is 6.08. The highest BCUT2D eigenvalue weighted by molar-refractivity contribution is 5.14. The van der Waals surface area contributed by atoms with Crippen LogP contribution in [0.3, 0.4) is 0 Å². The Kier molecular flexibility index (Phi) is 3.31. The molecule has 0 spiro atoms. The van der Waals surface area contributed by atoms with Gasteiger partial charge in [0.05, 0.1) is 0 Å². The molecule has 1 heterocycles. The number of rotatable bonds is 3. The molecule has 0 atom stereocenters. The zero-order chi connectivity index (χ0) is 11.6. The molecule has 1 aromatic carbocycles. The van der Waals surface area contributed by atoms with Gasteiger partial charge in [0, 0.05) is 31.2 Å². The molecule has 1 N–H and O–H groups in total. The average molecular weight is 218 g/mol. The number of nitrogens with one attached hydrogen (secondary N) is 1. The maximum absolute atomic E-state index is 3.60. The maximum atomic E-state index is 3.60. The lowest BCUT2D eigenvalue weighted by Crippen LogP contribution is -2.63. The molecule has 2 heteroatoms. The van der Waals surface area contributed by atoms with Gasteiger partial charge < -0.3 is 5.32 Å². The fourth-order valence-electron chi connectivity index (χ4n) is 2.01. The molecule has 1 saturated heterocycles. The third kappa shape index (κ3) is 2.83. The molecule has 2 rings (SSSR count). The monoisotopic (exact) mass is 218 g/mol. The molecule has 0 radical (unpaired) electrons. The number of hydrogen-bond acceptors (Lipinski definition) is 2. The molecule has 1 aromatic rings. The van der Waals surface area contributed by atoms with Crippen molar-refractivity contribution in [2.75, 3.05) is 13.1 Å². The fourth-order valence-corrected chi connectivity index (χ4v) is 2.01. The predicted molar refractivity (Wildman–Crippen MR) is 68.4 cm³/mol. The van der Waals surface area contributed by atoms with E-state index >= 15 is 0 Å². The molecule has 16 heavy (non-hydrogen) atoms. The summed E-state index contributed by atoms with van der Waals surface area (Å²) >= 11 is 0. The van der Waals surface area contributed by atoms with Crippen LogP contribution in [-0.4, -0.2) is 29.6 Å². The number of benzene rings is 1. The van der Waals surface area contributed by atoms with E-state index in [1.165, 1.54) is 18.7 Å². The summed E-state index contributed by atoms with van der Waals surface area (Å²) in [4.78, 5) is 2.51. The first-order valence-electron chi connectivity index (χ1n) is 6.08. The number of likely N-dealkylation sites (tertiary alicyclic amines) is 1.